The molecule has 1 atom stereocenters. The normalized spacial score (nSPS) is 16.6. The summed E-state index contributed by atoms with van der Waals surface area (Å²) in [6, 6.07) is 0.400. The van der Waals surface area contributed by atoms with Crippen molar-refractivity contribution in [1.29, 1.82) is 0 Å². The summed E-state index contributed by atoms with van der Waals surface area (Å²) in [5.74, 6) is -4.93. The summed E-state index contributed by atoms with van der Waals surface area (Å²) < 4.78 is 49.8. The summed E-state index contributed by atoms with van der Waals surface area (Å²) in [5.41, 5.74) is 1.08. The molecule has 1 aliphatic heterocycles. The van der Waals surface area contributed by atoms with E-state index in [9.17, 15) is 18.0 Å². The molecule has 140 valence electrons. The van der Waals surface area contributed by atoms with Crippen LogP contribution in [-0.2, 0) is 11.3 Å². The van der Waals surface area contributed by atoms with Crippen molar-refractivity contribution in [1.82, 2.24) is 14.4 Å². The minimum absolute atomic E-state index is 0.150. The highest BCUT2D eigenvalue weighted by Crippen LogP contribution is 2.40. The van der Waals surface area contributed by atoms with Gasteiger partial charge in [0.05, 0.1) is 24.1 Å². The molecule has 0 unspecified atom stereocenters. The molecule has 0 spiro atoms. The number of hydrogen-bond acceptors (Lipinski definition) is 4. The van der Waals surface area contributed by atoms with Crippen molar-refractivity contribution >= 4 is 33.2 Å². The predicted octanol–water partition coefficient (Wildman–Crippen LogP) is 3.53. The van der Waals surface area contributed by atoms with Crippen molar-refractivity contribution in [3.63, 3.8) is 0 Å². The number of carbonyl (C=O) groups excluding carboxylic acids is 1. The minimum Gasteiger partial charge on any atom is -0.475 e. The lowest BCUT2D eigenvalue weighted by Gasteiger charge is -2.33. The molecular formula is C17H12BrF3N4O2. The van der Waals surface area contributed by atoms with E-state index >= 15 is 0 Å². The van der Waals surface area contributed by atoms with E-state index in [1.807, 2.05) is 0 Å². The number of nitrogens with zero attached hydrogens (tertiary/aromatic N) is 4. The molecule has 0 bridgehead atoms. The molecule has 1 aliphatic rings. The van der Waals surface area contributed by atoms with Gasteiger partial charge in [0.2, 0.25) is 0 Å². The van der Waals surface area contributed by atoms with Gasteiger partial charge in [0.1, 0.15) is 10.3 Å². The number of imidazole rings is 1. The molecule has 0 saturated heterocycles. The maximum Gasteiger partial charge on any atom is 0.268 e. The Bertz CT molecular complexity index is 1100. The third kappa shape index (κ3) is 2.75. The molecule has 0 N–H and O–H groups in total. The topological polar surface area (TPSA) is 59.7 Å². The maximum absolute atomic E-state index is 14.5. The highest BCUT2D eigenvalue weighted by molar-refractivity contribution is 9.10. The zero-order valence-corrected chi connectivity index (χ0v) is 15.7. The molecule has 6 nitrogen and oxygen atoms in total. The van der Waals surface area contributed by atoms with Crippen LogP contribution in [-0.4, -0.2) is 26.4 Å². The van der Waals surface area contributed by atoms with Crippen LogP contribution in [0, 0.1) is 24.4 Å². The van der Waals surface area contributed by atoms with Crippen LogP contribution >= 0.6 is 15.9 Å². The van der Waals surface area contributed by atoms with Crippen LogP contribution < -0.4 is 9.64 Å². The number of amides is 1. The van der Waals surface area contributed by atoms with Gasteiger partial charge in [-0.15, -0.1) is 0 Å². The minimum atomic E-state index is -1.40. The number of hydrogen-bond donors (Lipinski definition) is 0. The molecule has 27 heavy (non-hydrogen) atoms. The Labute approximate surface area is 159 Å². The van der Waals surface area contributed by atoms with Gasteiger partial charge in [-0.25, -0.2) is 23.1 Å². The smallest absolute Gasteiger partial charge is 0.268 e. The van der Waals surface area contributed by atoms with Crippen LogP contribution in [0.25, 0.3) is 5.65 Å². The summed E-state index contributed by atoms with van der Waals surface area (Å²) in [7, 11) is 0. The molecule has 4 rings (SSSR count). The van der Waals surface area contributed by atoms with E-state index in [1.165, 1.54) is 13.1 Å². The summed E-state index contributed by atoms with van der Waals surface area (Å²) in [5, 5.41) is 0. The molecule has 2 aromatic heterocycles. The Morgan fingerprint density at radius 1 is 1.30 bits per heavy atom. The van der Waals surface area contributed by atoms with Gasteiger partial charge in [0, 0.05) is 12.3 Å². The highest BCUT2D eigenvalue weighted by atomic mass is 79.9. The van der Waals surface area contributed by atoms with Gasteiger partial charge in [-0.2, -0.15) is 0 Å². The number of aromatic nitrogens is 3. The van der Waals surface area contributed by atoms with Crippen molar-refractivity contribution in [2.24, 2.45) is 0 Å². The Kier molecular flexibility index (Phi) is 4.10. The molecule has 3 heterocycles. The average molecular weight is 441 g/mol. The van der Waals surface area contributed by atoms with E-state index < -0.39 is 40.9 Å². The Hall–Kier alpha value is -2.62. The lowest BCUT2D eigenvalue weighted by molar-refractivity contribution is -0.125. The fourth-order valence-electron chi connectivity index (χ4n) is 3.07. The number of benzene rings is 1. The van der Waals surface area contributed by atoms with Gasteiger partial charge >= 0.3 is 0 Å². The van der Waals surface area contributed by atoms with E-state index in [0.29, 0.717) is 27.7 Å². The van der Waals surface area contributed by atoms with Crippen LogP contribution in [0.15, 0.2) is 23.1 Å². The molecule has 1 amide bonds. The van der Waals surface area contributed by atoms with E-state index in [4.69, 9.17) is 4.74 Å². The fourth-order valence-corrected chi connectivity index (χ4v) is 3.38. The Balaban J connectivity index is 1.89. The van der Waals surface area contributed by atoms with E-state index in [1.54, 1.807) is 17.5 Å². The monoisotopic (exact) mass is 440 g/mol. The molecule has 0 aliphatic carbocycles. The maximum atomic E-state index is 14.5. The summed E-state index contributed by atoms with van der Waals surface area (Å²) in [4.78, 5) is 22.1. The molecular weight excluding hydrogens is 429 g/mol. The molecule has 3 aromatic rings. The van der Waals surface area contributed by atoms with Gasteiger partial charge in [-0.1, -0.05) is 0 Å². The summed E-state index contributed by atoms with van der Waals surface area (Å²) >= 11 is 3.26. The van der Waals surface area contributed by atoms with Crippen LogP contribution in [0.1, 0.15) is 18.3 Å². The fraction of sp³-hybridized carbons (Fsp3) is 0.235. The van der Waals surface area contributed by atoms with Crippen molar-refractivity contribution < 1.29 is 22.7 Å². The van der Waals surface area contributed by atoms with Gasteiger partial charge in [0.25, 0.3) is 5.91 Å². The van der Waals surface area contributed by atoms with Crippen molar-refractivity contribution in [3.05, 3.63) is 51.9 Å². The average Bonchev–Trinajstić information content (AvgIpc) is 2.91. The third-order valence-corrected chi connectivity index (χ3v) is 4.78. The number of halogens is 4. The first-order valence-corrected chi connectivity index (χ1v) is 8.72. The number of rotatable bonds is 2. The number of anilines is 1. The second kappa shape index (κ2) is 6.22. The van der Waals surface area contributed by atoms with Gasteiger partial charge in [-0.3, -0.25) is 14.1 Å². The summed E-state index contributed by atoms with van der Waals surface area (Å²) in [6.45, 7) is 2.98. The Morgan fingerprint density at radius 3 is 2.78 bits per heavy atom. The van der Waals surface area contributed by atoms with E-state index in [0.717, 1.165) is 4.90 Å². The van der Waals surface area contributed by atoms with Crippen LogP contribution in [0.5, 0.6) is 5.75 Å². The quantitative estimate of drug-likeness (QED) is 0.572. The predicted molar refractivity (Wildman–Crippen MR) is 93.0 cm³/mol. The lowest BCUT2D eigenvalue weighted by Crippen LogP contribution is -2.45. The first-order chi connectivity index (χ1) is 12.8. The molecule has 0 saturated carbocycles. The zero-order valence-electron chi connectivity index (χ0n) is 14.1. The second-order valence-electron chi connectivity index (χ2n) is 6.10. The van der Waals surface area contributed by atoms with Crippen molar-refractivity contribution in [2.75, 3.05) is 4.90 Å². The van der Waals surface area contributed by atoms with E-state index in [2.05, 4.69) is 25.9 Å². The van der Waals surface area contributed by atoms with Crippen LogP contribution in [0.3, 0.4) is 0 Å². The standard InChI is InChI=1S/C17H12BrF3N4O2/c1-7-11(24-6-12(18)22-4-13(24)23-7)5-25-15-14(21)9(19)3-10(20)16(15)27-8(2)17(25)26/h3-4,6,8H,5H2,1-2H3/t8-/m1/s1. The van der Waals surface area contributed by atoms with Gasteiger partial charge in [0.15, 0.2) is 35.0 Å². The largest absolute Gasteiger partial charge is 0.475 e. The Morgan fingerprint density at radius 2 is 2.04 bits per heavy atom. The molecule has 10 heteroatoms. The van der Waals surface area contributed by atoms with Gasteiger partial charge in [-0.05, 0) is 29.8 Å². The van der Waals surface area contributed by atoms with E-state index in [-0.39, 0.29) is 6.54 Å². The molecule has 0 fully saturated rings. The first kappa shape index (κ1) is 17.8. The summed E-state index contributed by atoms with van der Waals surface area (Å²) in [6.07, 6.45) is 2.12. The number of fused-ring (bicyclic) bond motifs is 2. The van der Waals surface area contributed by atoms with Crippen LogP contribution in [0.4, 0.5) is 18.9 Å². The third-order valence-electron chi connectivity index (χ3n) is 4.37. The lowest BCUT2D eigenvalue weighted by atomic mass is 10.1. The molecule has 0 radical (unpaired) electrons. The highest BCUT2D eigenvalue weighted by Gasteiger charge is 2.38. The first-order valence-electron chi connectivity index (χ1n) is 7.92. The second-order valence-corrected chi connectivity index (χ2v) is 6.91. The molecule has 1 aromatic carbocycles. The zero-order chi connectivity index (χ0) is 19.5. The SMILES string of the molecule is Cc1nc2cnc(Br)cn2c1CN1C(=O)[C@@H](C)Oc2c(F)cc(F)c(F)c21. The van der Waals surface area contributed by atoms with Gasteiger partial charge < -0.3 is 4.74 Å². The number of aryl methyl sites for hydroxylation is 1. The van der Waals surface area contributed by atoms with Crippen LogP contribution in [0.2, 0.25) is 0 Å². The number of carbonyl (C=O) groups is 1. The van der Waals surface area contributed by atoms with Crippen molar-refractivity contribution in [2.45, 2.75) is 26.5 Å². The van der Waals surface area contributed by atoms with Crippen molar-refractivity contribution in [3.8, 4) is 5.75 Å². The number of ether oxygens (including phenoxy) is 1.